The Balaban J connectivity index is 1.14. The van der Waals surface area contributed by atoms with E-state index in [1.54, 1.807) is 12.1 Å². The number of Topliss-reactive ketones (excluding diaryl/α,β-unsaturated/α-hetero) is 1. The molecular weight excluding hydrogens is 477 g/mol. The first-order chi connectivity index (χ1) is 16.3. The van der Waals surface area contributed by atoms with Crippen LogP contribution in [0.3, 0.4) is 0 Å². The Morgan fingerprint density at radius 1 is 0.912 bits per heavy atom. The number of nitrogens with zero attached hydrogens (tertiary/aromatic N) is 1. The van der Waals surface area contributed by atoms with Gasteiger partial charge in [-0.1, -0.05) is 35.4 Å². The van der Waals surface area contributed by atoms with Crippen LogP contribution in [-0.4, -0.2) is 30.2 Å². The van der Waals surface area contributed by atoms with Crippen LogP contribution in [0, 0.1) is 35.5 Å². The summed E-state index contributed by atoms with van der Waals surface area (Å²) in [6.07, 6.45) is 5.37. The molecular formula is C26H19Cl2NO5. The highest BCUT2D eigenvalue weighted by molar-refractivity contribution is 6.36. The first-order valence-electron chi connectivity index (χ1n) is 11.2. The fourth-order valence-electron chi connectivity index (χ4n) is 5.97. The maximum Gasteiger partial charge on any atom is 0.338 e. The van der Waals surface area contributed by atoms with Gasteiger partial charge in [0.1, 0.15) is 0 Å². The van der Waals surface area contributed by atoms with Crippen molar-refractivity contribution in [3.05, 3.63) is 75.8 Å². The Hall–Kier alpha value is -2.96. The molecule has 2 aromatic carbocycles. The number of halogens is 2. The summed E-state index contributed by atoms with van der Waals surface area (Å²) in [5, 5.41) is 0.577. The number of ether oxygens (including phenoxy) is 1. The van der Waals surface area contributed by atoms with Gasteiger partial charge in [0.25, 0.3) is 0 Å². The SMILES string of the molecule is O=C(OCC(=O)c1ccc(Cl)cc1Cl)c1ccc(N2C(=O)[C@@H]3[C@@H]4C=C[C@@H]([C@@H]5C[C@@H]45)[C@@H]3C2=O)cc1. The molecule has 0 unspecified atom stereocenters. The number of imide groups is 1. The number of amides is 2. The van der Waals surface area contributed by atoms with Gasteiger partial charge in [-0.25, -0.2) is 4.79 Å². The Morgan fingerprint density at radius 2 is 1.53 bits per heavy atom. The Labute approximate surface area is 205 Å². The minimum atomic E-state index is -0.694. The number of allylic oxidation sites excluding steroid dienone is 2. The van der Waals surface area contributed by atoms with Gasteiger partial charge in [0.2, 0.25) is 17.6 Å². The number of carbonyl (C=O) groups excluding carboxylic acids is 4. The van der Waals surface area contributed by atoms with Gasteiger partial charge in [-0.3, -0.25) is 19.3 Å². The summed E-state index contributed by atoms with van der Waals surface area (Å²) in [5.41, 5.74) is 0.860. The van der Waals surface area contributed by atoms with Crippen molar-refractivity contribution in [3.8, 4) is 0 Å². The summed E-state index contributed by atoms with van der Waals surface area (Å²) in [5.74, 6) is -0.621. The summed E-state index contributed by atoms with van der Waals surface area (Å²) >= 11 is 11.9. The number of esters is 1. The molecule has 0 N–H and O–H groups in total. The highest BCUT2D eigenvalue weighted by Crippen LogP contribution is 2.65. The van der Waals surface area contributed by atoms with Crippen LogP contribution >= 0.6 is 23.2 Å². The number of ketones is 1. The molecule has 4 aliphatic carbocycles. The van der Waals surface area contributed by atoms with Crippen molar-refractivity contribution in [3.63, 3.8) is 0 Å². The maximum absolute atomic E-state index is 13.2. The summed E-state index contributed by atoms with van der Waals surface area (Å²) in [6, 6.07) is 10.6. The smallest absolute Gasteiger partial charge is 0.338 e. The van der Waals surface area contributed by atoms with Crippen molar-refractivity contribution in [1.82, 2.24) is 0 Å². The van der Waals surface area contributed by atoms with E-state index in [2.05, 4.69) is 12.2 Å². The van der Waals surface area contributed by atoms with Gasteiger partial charge >= 0.3 is 5.97 Å². The van der Waals surface area contributed by atoms with Gasteiger partial charge in [-0.15, -0.1) is 0 Å². The lowest BCUT2D eigenvalue weighted by Gasteiger charge is -2.37. The summed E-state index contributed by atoms with van der Waals surface area (Å²) in [7, 11) is 0. The largest absolute Gasteiger partial charge is 0.454 e. The second-order valence-corrected chi connectivity index (χ2v) is 10.2. The molecule has 1 aliphatic heterocycles. The summed E-state index contributed by atoms with van der Waals surface area (Å²) < 4.78 is 5.13. The second-order valence-electron chi connectivity index (χ2n) is 9.34. The fraction of sp³-hybridized carbons (Fsp3) is 0.308. The van der Waals surface area contributed by atoms with Crippen LogP contribution in [0.2, 0.25) is 10.0 Å². The maximum atomic E-state index is 13.2. The van der Waals surface area contributed by atoms with E-state index in [1.165, 1.54) is 35.2 Å². The Bertz CT molecular complexity index is 1250. The Morgan fingerprint density at radius 3 is 2.12 bits per heavy atom. The predicted molar refractivity (Wildman–Crippen MR) is 125 cm³/mol. The molecule has 5 aliphatic rings. The first-order valence-corrected chi connectivity index (χ1v) is 11.9. The molecule has 2 aromatic rings. The molecule has 0 spiro atoms. The van der Waals surface area contributed by atoms with Gasteiger partial charge < -0.3 is 4.74 Å². The lowest BCUT2D eigenvalue weighted by Crippen LogP contribution is -2.40. The topological polar surface area (TPSA) is 80.8 Å². The average Bonchev–Trinajstić information content (AvgIpc) is 3.61. The van der Waals surface area contributed by atoms with Crippen LogP contribution in [0.25, 0.3) is 0 Å². The van der Waals surface area contributed by atoms with Crippen LogP contribution in [0.5, 0.6) is 0 Å². The number of hydrogen-bond acceptors (Lipinski definition) is 5. The van der Waals surface area contributed by atoms with Crippen LogP contribution < -0.4 is 4.90 Å². The van der Waals surface area contributed by atoms with Crippen molar-refractivity contribution in [2.45, 2.75) is 6.42 Å². The fourth-order valence-corrected chi connectivity index (χ4v) is 6.48. The van der Waals surface area contributed by atoms with Crippen molar-refractivity contribution < 1.29 is 23.9 Å². The molecule has 0 aromatic heterocycles. The standard InChI is InChI=1S/C26H19Cl2NO5/c27-13-3-6-17(20(28)9-13)21(30)11-34-26(33)12-1-4-14(5-2-12)29-24(31)22-15-7-8-16(19-10-18(15)19)23(22)25(29)32/h1-9,15-16,18-19,22-23H,10-11H2/t15-,16+,18-,19-,22-,23+/m0/s1. The number of rotatable bonds is 5. The van der Waals surface area contributed by atoms with E-state index in [9.17, 15) is 19.2 Å². The quantitative estimate of drug-likeness (QED) is 0.262. The van der Waals surface area contributed by atoms with E-state index in [4.69, 9.17) is 27.9 Å². The molecule has 172 valence electrons. The van der Waals surface area contributed by atoms with Crippen molar-refractivity contribution in [1.29, 1.82) is 0 Å². The first kappa shape index (κ1) is 21.6. The highest BCUT2D eigenvalue weighted by Gasteiger charge is 2.67. The number of hydrogen-bond donors (Lipinski definition) is 0. The second kappa shape index (κ2) is 7.79. The predicted octanol–water partition coefficient (Wildman–Crippen LogP) is 4.59. The lowest BCUT2D eigenvalue weighted by molar-refractivity contribution is -0.124. The number of anilines is 1. The van der Waals surface area contributed by atoms with Crippen molar-refractivity contribution >= 4 is 52.5 Å². The molecule has 2 bridgehead atoms. The van der Waals surface area contributed by atoms with Gasteiger partial charge in [-0.2, -0.15) is 0 Å². The van der Waals surface area contributed by atoms with E-state index >= 15 is 0 Å². The summed E-state index contributed by atoms with van der Waals surface area (Å²) in [6.45, 7) is -0.480. The molecule has 7 rings (SSSR count). The number of benzene rings is 2. The molecule has 2 amide bonds. The van der Waals surface area contributed by atoms with Gasteiger partial charge in [0.15, 0.2) is 6.61 Å². The van der Waals surface area contributed by atoms with Gasteiger partial charge in [-0.05, 0) is 72.6 Å². The van der Waals surface area contributed by atoms with E-state index in [-0.39, 0.29) is 51.6 Å². The van der Waals surface area contributed by atoms with Crippen LogP contribution in [0.15, 0.2) is 54.6 Å². The molecule has 6 nitrogen and oxygen atoms in total. The molecule has 34 heavy (non-hydrogen) atoms. The third-order valence-electron chi connectivity index (χ3n) is 7.59. The molecule has 6 atom stereocenters. The van der Waals surface area contributed by atoms with Crippen molar-refractivity contribution in [2.75, 3.05) is 11.5 Å². The third kappa shape index (κ3) is 3.23. The zero-order chi connectivity index (χ0) is 23.7. The van der Waals surface area contributed by atoms with Crippen LogP contribution in [0.1, 0.15) is 27.1 Å². The zero-order valence-electron chi connectivity index (χ0n) is 17.8. The number of carbonyl (C=O) groups is 4. The molecule has 8 heteroatoms. The molecule has 1 saturated heterocycles. The van der Waals surface area contributed by atoms with Crippen LogP contribution in [0.4, 0.5) is 5.69 Å². The van der Waals surface area contributed by atoms with Crippen LogP contribution in [-0.2, 0) is 14.3 Å². The van der Waals surface area contributed by atoms with E-state index in [0.29, 0.717) is 22.5 Å². The molecule has 2 saturated carbocycles. The molecule has 0 radical (unpaired) electrons. The molecule has 1 heterocycles. The lowest BCUT2D eigenvalue weighted by atomic mass is 9.63. The monoisotopic (exact) mass is 495 g/mol. The zero-order valence-corrected chi connectivity index (χ0v) is 19.3. The Kier molecular flexibility index (Phi) is 4.94. The van der Waals surface area contributed by atoms with E-state index < -0.39 is 18.4 Å². The van der Waals surface area contributed by atoms with Gasteiger partial charge in [0.05, 0.1) is 28.1 Å². The minimum Gasteiger partial charge on any atom is -0.454 e. The molecule has 3 fully saturated rings. The summed E-state index contributed by atoms with van der Waals surface area (Å²) in [4.78, 5) is 52.5. The average molecular weight is 496 g/mol. The normalized spacial score (nSPS) is 30.2. The minimum absolute atomic E-state index is 0.152. The van der Waals surface area contributed by atoms with Crippen molar-refractivity contribution in [2.24, 2.45) is 35.5 Å². The third-order valence-corrected chi connectivity index (χ3v) is 8.14. The van der Waals surface area contributed by atoms with Gasteiger partial charge in [0, 0.05) is 10.6 Å². The van der Waals surface area contributed by atoms with E-state index in [0.717, 1.165) is 6.42 Å². The van der Waals surface area contributed by atoms with E-state index in [1.807, 2.05) is 0 Å². The highest BCUT2D eigenvalue weighted by atomic mass is 35.5.